The van der Waals surface area contributed by atoms with Gasteiger partial charge in [-0.3, -0.25) is 0 Å². The van der Waals surface area contributed by atoms with E-state index in [4.69, 9.17) is 4.74 Å². The molecule has 1 unspecified atom stereocenters. The molecule has 4 heteroatoms. The third-order valence-electron chi connectivity index (χ3n) is 2.97. The van der Waals surface area contributed by atoms with Gasteiger partial charge in [0.15, 0.2) is 11.6 Å². The highest BCUT2D eigenvalue weighted by Crippen LogP contribution is 2.23. The molecule has 0 saturated carbocycles. The molecule has 0 aliphatic carbocycles. The quantitative estimate of drug-likeness (QED) is 0.870. The lowest BCUT2D eigenvalue weighted by Crippen LogP contribution is -2.20. The van der Waals surface area contributed by atoms with E-state index < -0.39 is 0 Å². The minimum absolute atomic E-state index is 0.0992. The Balaban J connectivity index is 2.02. The van der Waals surface area contributed by atoms with E-state index in [1.807, 2.05) is 26.0 Å². The van der Waals surface area contributed by atoms with Crippen molar-refractivity contribution in [2.75, 3.05) is 5.32 Å². The summed E-state index contributed by atoms with van der Waals surface area (Å²) in [6.07, 6.45) is 2.63. The van der Waals surface area contributed by atoms with E-state index in [2.05, 4.69) is 17.2 Å². The lowest BCUT2D eigenvalue weighted by molar-refractivity contribution is 0.242. The van der Waals surface area contributed by atoms with Gasteiger partial charge in [-0.15, -0.1) is 0 Å². The summed E-state index contributed by atoms with van der Waals surface area (Å²) in [7, 11) is 0. The summed E-state index contributed by atoms with van der Waals surface area (Å²) in [5.41, 5.74) is 1.08. The van der Waals surface area contributed by atoms with Gasteiger partial charge in [0.1, 0.15) is 5.82 Å². The van der Waals surface area contributed by atoms with Crippen molar-refractivity contribution in [3.63, 3.8) is 0 Å². The van der Waals surface area contributed by atoms with Crippen LogP contribution in [0.4, 0.5) is 10.2 Å². The molecule has 3 nitrogen and oxygen atoms in total. The predicted molar refractivity (Wildman–Crippen MR) is 83.2 cm³/mol. The number of rotatable bonds is 6. The van der Waals surface area contributed by atoms with Gasteiger partial charge in [0.25, 0.3) is 0 Å². The van der Waals surface area contributed by atoms with Crippen molar-refractivity contribution in [3.05, 3.63) is 54.0 Å². The van der Waals surface area contributed by atoms with Crippen LogP contribution in [0.15, 0.2) is 42.6 Å². The fourth-order valence-corrected chi connectivity index (χ4v) is 2.11. The molecule has 0 saturated heterocycles. The number of aromatic nitrogens is 1. The number of benzene rings is 1. The molecule has 1 aromatic heterocycles. The van der Waals surface area contributed by atoms with Gasteiger partial charge in [-0.25, -0.2) is 9.37 Å². The minimum Gasteiger partial charge on any atom is -0.487 e. The first-order chi connectivity index (χ1) is 10.0. The van der Waals surface area contributed by atoms with Gasteiger partial charge < -0.3 is 10.1 Å². The number of nitrogens with one attached hydrogen (secondary N) is 1. The molecule has 1 atom stereocenters. The van der Waals surface area contributed by atoms with E-state index in [9.17, 15) is 4.39 Å². The van der Waals surface area contributed by atoms with Crippen LogP contribution in [0, 0.1) is 5.82 Å². The number of ether oxygens (including phenoxy) is 1. The van der Waals surface area contributed by atoms with Gasteiger partial charge in [-0.2, -0.15) is 0 Å². The number of pyridine rings is 1. The summed E-state index contributed by atoms with van der Waals surface area (Å²) < 4.78 is 18.6. The largest absolute Gasteiger partial charge is 0.487 e. The third-order valence-corrected chi connectivity index (χ3v) is 2.97. The zero-order valence-electron chi connectivity index (χ0n) is 12.6. The predicted octanol–water partition coefficient (Wildman–Crippen LogP) is 4.05. The van der Waals surface area contributed by atoms with E-state index in [0.717, 1.165) is 23.6 Å². The molecular weight excluding hydrogens is 267 g/mol. The Morgan fingerprint density at radius 1 is 1.14 bits per heavy atom. The fraction of sp³-hybridized carbons (Fsp3) is 0.353. The number of hydrogen-bond acceptors (Lipinski definition) is 3. The second-order valence-corrected chi connectivity index (χ2v) is 5.39. The number of anilines is 1. The normalized spacial score (nSPS) is 12.2. The molecule has 0 bridgehead atoms. The van der Waals surface area contributed by atoms with Crippen LogP contribution >= 0.6 is 0 Å². The van der Waals surface area contributed by atoms with Gasteiger partial charge in [-0.1, -0.05) is 12.1 Å². The maximum atomic E-state index is 12.9. The van der Waals surface area contributed by atoms with Gasteiger partial charge in [0.2, 0.25) is 0 Å². The Labute approximate surface area is 125 Å². The summed E-state index contributed by atoms with van der Waals surface area (Å²) in [5.74, 6) is 1.27. The van der Waals surface area contributed by atoms with Crippen LogP contribution in [-0.2, 0) is 6.42 Å². The van der Waals surface area contributed by atoms with E-state index in [1.54, 1.807) is 18.3 Å². The molecule has 0 amide bonds. The van der Waals surface area contributed by atoms with Crippen molar-refractivity contribution < 1.29 is 9.13 Å². The highest BCUT2D eigenvalue weighted by molar-refractivity contribution is 5.50. The minimum atomic E-state index is -0.211. The molecular formula is C17H21FN2O. The Morgan fingerprint density at radius 3 is 2.52 bits per heavy atom. The first-order valence-electron chi connectivity index (χ1n) is 7.17. The first-order valence-corrected chi connectivity index (χ1v) is 7.17. The maximum Gasteiger partial charge on any atom is 0.168 e. The molecule has 0 fully saturated rings. The smallest absolute Gasteiger partial charge is 0.168 e. The van der Waals surface area contributed by atoms with Gasteiger partial charge in [0, 0.05) is 12.2 Å². The topological polar surface area (TPSA) is 34.2 Å². The van der Waals surface area contributed by atoms with Gasteiger partial charge in [-0.05, 0) is 57.0 Å². The van der Waals surface area contributed by atoms with Gasteiger partial charge >= 0.3 is 0 Å². The summed E-state index contributed by atoms with van der Waals surface area (Å²) in [6.45, 7) is 6.04. The monoisotopic (exact) mass is 288 g/mol. The zero-order chi connectivity index (χ0) is 15.2. The van der Waals surface area contributed by atoms with E-state index >= 15 is 0 Å². The molecule has 0 radical (unpaired) electrons. The van der Waals surface area contributed by atoms with Crippen LogP contribution in [0.3, 0.4) is 0 Å². The standard InChI is InChI=1S/C17H21FN2O/c1-12(2)21-16-5-4-10-19-17(16)20-13(3)11-14-6-8-15(18)9-7-14/h4-10,12-13H,11H2,1-3H3,(H,19,20). The van der Waals surface area contributed by atoms with Crippen molar-refractivity contribution in [2.24, 2.45) is 0 Å². The molecule has 1 aromatic carbocycles. The van der Waals surface area contributed by atoms with E-state index in [1.165, 1.54) is 12.1 Å². The number of hydrogen-bond donors (Lipinski definition) is 1. The van der Waals surface area contributed by atoms with Crippen molar-refractivity contribution in [1.82, 2.24) is 4.98 Å². The van der Waals surface area contributed by atoms with Crippen LogP contribution in [-0.4, -0.2) is 17.1 Å². The fourth-order valence-electron chi connectivity index (χ4n) is 2.11. The van der Waals surface area contributed by atoms with Crippen LogP contribution in [0.25, 0.3) is 0 Å². The first kappa shape index (κ1) is 15.3. The van der Waals surface area contributed by atoms with Crippen molar-refractivity contribution in [2.45, 2.75) is 39.3 Å². The molecule has 1 N–H and O–H groups in total. The van der Waals surface area contributed by atoms with Crippen LogP contribution in [0.5, 0.6) is 5.75 Å². The van der Waals surface area contributed by atoms with Crippen molar-refractivity contribution in [3.8, 4) is 5.75 Å². The average molecular weight is 288 g/mol. The molecule has 1 heterocycles. The SMILES string of the molecule is CC(Cc1ccc(F)cc1)Nc1ncccc1OC(C)C. The lowest BCUT2D eigenvalue weighted by Gasteiger charge is -2.18. The lowest BCUT2D eigenvalue weighted by atomic mass is 10.1. The molecule has 2 aromatic rings. The number of nitrogens with zero attached hydrogens (tertiary/aromatic N) is 1. The van der Waals surface area contributed by atoms with E-state index in [0.29, 0.717) is 0 Å². The van der Waals surface area contributed by atoms with Crippen molar-refractivity contribution >= 4 is 5.82 Å². The van der Waals surface area contributed by atoms with E-state index in [-0.39, 0.29) is 18.0 Å². The second kappa shape index (κ2) is 7.07. The Kier molecular flexibility index (Phi) is 5.14. The Hall–Kier alpha value is -2.10. The van der Waals surface area contributed by atoms with Gasteiger partial charge in [0.05, 0.1) is 6.10 Å². The highest BCUT2D eigenvalue weighted by atomic mass is 19.1. The van der Waals surface area contributed by atoms with Crippen LogP contribution in [0.1, 0.15) is 26.3 Å². The molecule has 112 valence electrons. The van der Waals surface area contributed by atoms with Crippen LogP contribution < -0.4 is 10.1 Å². The Bertz CT molecular complexity index is 569. The third kappa shape index (κ3) is 4.74. The average Bonchev–Trinajstić information content (AvgIpc) is 2.43. The Morgan fingerprint density at radius 2 is 1.86 bits per heavy atom. The number of halogens is 1. The zero-order valence-corrected chi connectivity index (χ0v) is 12.6. The highest BCUT2D eigenvalue weighted by Gasteiger charge is 2.10. The second-order valence-electron chi connectivity index (χ2n) is 5.39. The molecule has 0 aliphatic rings. The summed E-state index contributed by atoms with van der Waals surface area (Å²) in [6, 6.07) is 10.5. The molecule has 0 spiro atoms. The summed E-state index contributed by atoms with van der Waals surface area (Å²) in [4.78, 5) is 4.33. The molecule has 0 aliphatic heterocycles. The molecule has 2 rings (SSSR count). The van der Waals surface area contributed by atoms with Crippen molar-refractivity contribution in [1.29, 1.82) is 0 Å². The maximum absolute atomic E-state index is 12.9. The summed E-state index contributed by atoms with van der Waals surface area (Å²) >= 11 is 0. The van der Waals surface area contributed by atoms with Crippen LogP contribution in [0.2, 0.25) is 0 Å². The summed E-state index contributed by atoms with van der Waals surface area (Å²) in [5, 5.41) is 3.35. The molecule has 21 heavy (non-hydrogen) atoms.